The number of hydrogen-bond acceptors (Lipinski definition) is 3. The zero-order valence-corrected chi connectivity index (χ0v) is 13.1. The van der Waals surface area contributed by atoms with Crippen molar-refractivity contribution in [2.75, 3.05) is 26.2 Å². The van der Waals surface area contributed by atoms with Crippen molar-refractivity contribution in [3.05, 3.63) is 0 Å². The van der Waals surface area contributed by atoms with Gasteiger partial charge in [0.2, 0.25) is 5.91 Å². The fourth-order valence-electron chi connectivity index (χ4n) is 2.84. The van der Waals surface area contributed by atoms with Gasteiger partial charge in [-0.15, -0.1) is 0 Å². The molecule has 0 bridgehead atoms. The van der Waals surface area contributed by atoms with Crippen LogP contribution in [0, 0.1) is 11.3 Å². The van der Waals surface area contributed by atoms with Crippen LogP contribution in [0.2, 0.25) is 0 Å². The van der Waals surface area contributed by atoms with Crippen molar-refractivity contribution in [1.82, 2.24) is 10.2 Å². The molecule has 112 valence electrons. The molecular formula is C15H30N2O2. The largest absolute Gasteiger partial charge is 0.389 e. The maximum absolute atomic E-state index is 12.8. The molecule has 0 aromatic rings. The molecule has 1 saturated heterocycles. The zero-order chi connectivity index (χ0) is 14.7. The predicted molar refractivity (Wildman–Crippen MR) is 77.9 cm³/mol. The summed E-state index contributed by atoms with van der Waals surface area (Å²) in [5, 5.41) is 13.3. The van der Waals surface area contributed by atoms with E-state index in [1.165, 1.54) is 0 Å². The van der Waals surface area contributed by atoms with E-state index in [0.29, 0.717) is 19.0 Å². The first kappa shape index (κ1) is 16.4. The molecule has 1 aliphatic heterocycles. The van der Waals surface area contributed by atoms with E-state index in [2.05, 4.69) is 5.32 Å². The third-order valence-electron chi connectivity index (χ3n) is 4.12. The third kappa shape index (κ3) is 4.46. The molecule has 4 nitrogen and oxygen atoms in total. The van der Waals surface area contributed by atoms with Gasteiger partial charge in [0, 0.05) is 18.5 Å². The van der Waals surface area contributed by atoms with Gasteiger partial charge in [-0.25, -0.2) is 0 Å². The van der Waals surface area contributed by atoms with Gasteiger partial charge >= 0.3 is 0 Å². The number of amides is 1. The lowest BCUT2D eigenvalue weighted by molar-refractivity contribution is -0.146. The second kappa shape index (κ2) is 6.23. The molecule has 4 heteroatoms. The molecule has 0 spiro atoms. The van der Waals surface area contributed by atoms with Crippen molar-refractivity contribution in [3.63, 3.8) is 0 Å². The number of carbonyl (C=O) groups excluding carboxylic acids is 1. The lowest BCUT2D eigenvalue weighted by atomic mass is 9.74. The number of nitrogens with zero attached hydrogens (tertiary/aromatic N) is 1. The van der Waals surface area contributed by atoms with Crippen LogP contribution in [0.25, 0.3) is 0 Å². The molecule has 1 aliphatic rings. The van der Waals surface area contributed by atoms with Gasteiger partial charge in [-0.05, 0) is 52.6 Å². The van der Waals surface area contributed by atoms with Crippen LogP contribution in [0.3, 0.4) is 0 Å². The molecule has 1 fully saturated rings. The Labute approximate surface area is 117 Å². The molecule has 1 amide bonds. The van der Waals surface area contributed by atoms with Gasteiger partial charge in [0.15, 0.2) is 0 Å². The van der Waals surface area contributed by atoms with E-state index in [-0.39, 0.29) is 11.3 Å². The maximum Gasteiger partial charge on any atom is 0.228 e. The second-order valence-corrected chi connectivity index (χ2v) is 6.90. The van der Waals surface area contributed by atoms with Crippen LogP contribution >= 0.6 is 0 Å². The monoisotopic (exact) mass is 270 g/mol. The minimum Gasteiger partial charge on any atom is -0.389 e. The van der Waals surface area contributed by atoms with Crippen molar-refractivity contribution in [2.45, 2.75) is 53.1 Å². The Morgan fingerprint density at radius 2 is 2.00 bits per heavy atom. The van der Waals surface area contributed by atoms with E-state index in [4.69, 9.17) is 0 Å². The van der Waals surface area contributed by atoms with Gasteiger partial charge in [-0.3, -0.25) is 4.79 Å². The summed E-state index contributed by atoms with van der Waals surface area (Å²) in [6.07, 6.45) is 2.24. The first-order chi connectivity index (χ1) is 8.68. The molecule has 0 aliphatic carbocycles. The van der Waals surface area contributed by atoms with E-state index < -0.39 is 5.60 Å². The number of rotatable bonds is 5. The van der Waals surface area contributed by atoms with Crippen molar-refractivity contribution >= 4 is 5.91 Å². The first-order valence-electron chi connectivity index (χ1n) is 7.41. The Balaban J connectivity index is 2.76. The smallest absolute Gasteiger partial charge is 0.228 e. The molecule has 19 heavy (non-hydrogen) atoms. The zero-order valence-electron chi connectivity index (χ0n) is 13.1. The maximum atomic E-state index is 12.8. The summed E-state index contributed by atoms with van der Waals surface area (Å²) in [5.74, 6) is 0.537. The summed E-state index contributed by atoms with van der Waals surface area (Å²) in [6.45, 7) is 12.6. The normalized spacial score (nSPS) is 21.3. The highest BCUT2D eigenvalue weighted by molar-refractivity contribution is 5.82. The van der Waals surface area contributed by atoms with E-state index in [1.54, 1.807) is 18.7 Å². The van der Waals surface area contributed by atoms with Crippen LogP contribution in [0.1, 0.15) is 47.5 Å². The molecule has 0 radical (unpaired) electrons. The number of hydrogen-bond donors (Lipinski definition) is 2. The van der Waals surface area contributed by atoms with Gasteiger partial charge in [-0.2, -0.15) is 0 Å². The number of aliphatic hydroxyl groups is 1. The van der Waals surface area contributed by atoms with E-state index in [9.17, 15) is 9.90 Å². The fraction of sp³-hybridized carbons (Fsp3) is 0.933. The van der Waals surface area contributed by atoms with Gasteiger partial charge in [0.05, 0.1) is 5.60 Å². The SMILES string of the molecule is CCN(CC(C)(C)O)C(=O)C(C)(C)C1CCCNC1. The Hall–Kier alpha value is -0.610. The molecule has 1 unspecified atom stereocenters. The Kier molecular flexibility index (Phi) is 5.39. The van der Waals surface area contributed by atoms with E-state index >= 15 is 0 Å². The summed E-state index contributed by atoms with van der Waals surface area (Å²) >= 11 is 0. The summed E-state index contributed by atoms with van der Waals surface area (Å²) < 4.78 is 0. The lowest BCUT2D eigenvalue weighted by Crippen LogP contribution is -2.51. The minimum absolute atomic E-state index is 0.158. The standard InChI is InChI=1S/C15H30N2O2/c1-6-17(11-14(2,3)19)13(18)15(4,5)12-8-7-9-16-10-12/h12,16,19H,6-11H2,1-5H3. The van der Waals surface area contributed by atoms with Crippen molar-refractivity contribution in [2.24, 2.45) is 11.3 Å². The van der Waals surface area contributed by atoms with Crippen molar-refractivity contribution < 1.29 is 9.90 Å². The predicted octanol–water partition coefficient (Wildman–Crippen LogP) is 1.63. The molecule has 2 N–H and O–H groups in total. The van der Waals surface area contributed by atoms with E-state index in [1.807, 2.05) is 20.8 Å². The molecule has 0 aromatic heterocycles. The van der Waals surface area contributed by atoms with Crippen LogP contribution in [-0.4, -0.2) is 47.7 Å². The number of nitrogens with one attached hydrogen (secondary N) is 1. The van der Waals surface area contributed by atoms with Gasteiger partial charge in [-0.1, -0.05) is 13.8 Å². The summed E-state index contributed by atoms with van der Waals surface area (Å²) in [7, 11) is 0. The number of likely N-dealkylation sites (N-methyl/N-ethyl adjacent to an activating group) is 1. The van der Waals surface area contributed by atoms with Gasteiger partial charge in [0.1, 0.15) is 0 Å². The molecular weight excluding hydrogens is 240 g/mol. The number of carbonyl (C=O) groups is 1. The summed E-state index contributed by atoms with van der Waals surface area (Å²) in [6, 6.07) is 0. The molecule has 1 rings (SSSR count). The number of piperidine rings is 1. The van der Waals surface area contributed by atoms with Crippen molar-refractivity contribution in [3.8, 4) is 0 Å². The third-order valence-corrected chi connectivity index (χ3v) is 4.12. The highest BCUT2D eigenvalue weighted by Gasteiger charge is 2.40. The molecule has 1 heterocycles. The summed E-state index contributed by atoms with van der Waals surface area (Å²) in [4.78, 5) is 14.5. The minimum atomic E-state index is -0.841. The van der Waals surface area contributed by atoms with Gasteiger partial charge in [0.25, 0.3) is 0 Å². The topological polar surface area (TPSA) is 52.6 Å². The van der Waals surface area contributed by atoms with Gasteiger partial charge < -0.3 is 15.3 Å². The van der Waals surface area contributed by atoms with Crippen LogP contribution in [-0.2, 0) is 4.79 Å². The Morgan fingerprint density at radius 3 is 2.42 bits per heavy atom. The van der Waals surface area contributed by atoms with Crippen LogP contribution < -0.4 is 5.32 Å². The van der Waals surface area contributed by atoms with Crippen molar-refractivity contribution in [1.29, 1.82) is 0 Å². The van der Waals surface area contributed by atoms with Crippen LogP contribution in [0.5, 0.6) is 0 Å². The highest BCUT2D eigenvalue weighted by atomic mass is 16.3. The van der Waals surface area contributed by atoms with E-state index in [0.717, 1.165) is 25.9 Å². The Morgan fingerprint density at radius 1 is 1.37 bits per heavy atom. The lowest BCUT2D eigenvalue weighted by Gasteiger charge is -2.40. The highest BCUT2D eigenvalue weighted by Crippen LogP contribution is 2.34. The average molecular weight is 270 g/mol. The quantitative estimate of drug-likeness (QED) is 0.798. The summed E-state index contributed by atoms with van der Waals surface area (Å²) in [5.41, 5.74) is -1.21. The average Bonchev–Trinajstić information content (AvgIpc) is 2.35. The molecule has 0 aromatic carbocycles. The first-order valence-corrected chi connectivity index (χ1v) is 7.41. The van der Waals surface area contributed by atoms with Crippen LogP contribution in [0.4, 0.5) is 0 Å². The molecule has 1 atom stereocenters. The van der Waals surface area contributed by atoms with Crippen LogP contribution in [0.15, 0.2) is 0 Å². The molecule has 0 saturated carbocycles. The Bertz CT molecular complexity index is 302. The second-order valence-electron chi connectivity index (χ2n) is 6.90. The fourth-order valence-corrected chi connectivity index (χ4v) is 2.84.